The monoisotopic (exact) mass is 456 g/mol. The molecule has 0 saturated carbocycles. The maximum absolute atomic E-state index is 14.7. The number of aromatic nitrogens is 6. The number of ether oxygens (including phenoxy) is 1. The summed E-state index contributed by atoms with van der Waals surface area (Å²) in [7, 11) is 0. The Kier molecular flexibility index (Phi) is 6.45. The average molecular weight is 456 g/mol. The van der Waals surface area contributed by atoms with Crippen LogP contribution >= 0.6 is 0 Å². The lowest BCUT2D eigenvalue weighted by molar-refractivity contribution is 0.123. The van der Waals surface area contributed by atoms with Crippen molar-refractivity contribution in [1.29, 1.82) is 5.26 Å². The fourth-order valence-corrected chi connectivity index (χ4v) is 3.77. The summed E-state index contributed by atoms with van der Waals surface area (Å²) in [6.07, 6.45) is 1.66. The lowest BCUT2D eigenvalue weighted by Gasteiger charge is -2.30. The first-order valence-corrected chi connectivity index (χ1v) is 10.3. The summed E-state index contributed by atoms with van der Waals surface area (Å²) in [6.45, 7) is 0.703. The second-order valence-corrected chi connectivity index (χ2v) is 7.46. The van der Waals surface area contributed by atoms with Crippen LogP contribution in [0.25, 0.3) is 11.4 Å². The van der Waals surface area contributed by atoms with E-state index in [1.54, 1.807) is 10.7 Å². The van der Waals surface area contributed by atoms with Crippen LogP contribution in [-0.4, -0.2) is 70.9 Å². The molecule has 3 aromatic rings. The van der Waals surface area contributed by atoms with Crippen molar-refractivity contribution >= 4 is 6.09 Å². The van der Waals surface area contributed by atoms with Crippen LogP contribution in [0, 0.1) is 17.1 Å². The number of hydrogen-bond acceptors (Lipinski definition) is 8. The summed E-state index contributed by atoms with van der Waals surface area (Å²) in [4.78, 5) is 12.4. The summed E-state index contributed by atoms with van der Waals surface area (Å²) in [5.74, 6) is -0.319. The van der Waals surface area contributed by atoms with Crippen LogP contribution in [0.1, 0.15) is 30.1 Å². The van der Waals surface area contributed by atoms with Gasteiger partial charge in [0, 0.05) is 24.2 Å². The first kappa shape index (κ1) is 22.2. The van der Waals surface area contributed by atoms with Crippen LogP contribution in [0.15, 0.2) is 24.4 Å². The Bertz CT molecular complexity index is 1180. The van der Waals surface area contributed by atoms with Crippen molar-refractivity contribution in [3.8, 4) is 23.2 Å². The Labute approximate surface area is 187 Å². The molecule has 33 heavy (non-hydrogen) atoms. The molecule has 0 bridgehead atoms. The molecule has 1 amide bonds. The van der Waals surface area contributed by atoms with Crippen molar-refractivity contribution in [1.82, 2.24) is 34.9 Å². The third-order valence-corrected chi connectivity index (χ3v) is 5.47. The molecule has 0 spiro atoms. The highest BCUT2D eigenvalue weighted by Crippen LogP contribution is 2.27. The maximum atomic E-state index is 14.7. The Morgan fingerprint density at radius 3 is 2.79 bits per heavy atom. The number of hydrogen-bond donors (Lipinski definition) is 2. The van der Waals surface area contributed by atoms with Gasteiger partial charge in [-0.1, -0.05) is 0 Å². The Hall–Kier alpha value is -4.05. The van der Waals surface area contributed by atoms with E-state index >= 15 is 0 Å². The van der Waals surface area contributed by atoms with Crippen LogP contribution in [0.5, 0.6) is 5.75 Å². The first-order valence-electron chi connectivity index (χ1n) is 10.3. The van der Waals surface area contributed by atoms with Crippen molar-refractivity contribution in [2.75, 3.05) is 19.7 Å². The summed E-state index contributed by atoms with van der Waals surface area (Å²) < 4.78 is 23.2. The zero-order valence-corrected chi connectivity index (χ0v) is 17.5. The molecule has 1 aromatic carbocycles. The smallest absolute Gasteiger partial charge is 0.407 e. The standard InChI is InChI=1S/C20H21FN8O4/c21-16-9-13(19-24-25-26-28(19)7-8-30)1-2-18(16)33-12-14-11-23-29(17(14)10-22)15-3-5-27(6-4-15)20(31)32/h1-2,9,11,15,30H,3-8,12H2,(H,31,32). The molecular weight excluding hydrogens is 435 g/mol. The first-order chi connectivity index (χ1) is 16.0. The van der Waals surface area contributed by atoms with Gasteiger partial charge < -0.3 is 19.8 Å². The van der Waals surface area contributed by atoms with Gasteiger partial charge in [0.1, 0.15) is 18.4 Å². The molecule has 0 aliphatic carbocycles. The van der Waals surface area contributed by atoms with E-state index in [0.29, 0.717) is 48.6 Å². The minimum Gasteiger partial charge on any atom is -0.486 e. The third kappa shape index (κ3) is 4.60. The normalized spacial score (nSPS) is 14.3. The summed E-state index contributed by atoms with van der Waals surface area (Å²) in [5, 5.41) is 43.3. The van der Waals surface area contributed by atoms with Gasteiger partial charge in [-0.3, -0.25) is 4.68 Å². The fraction of sp³-hybridized carbons (Fsp3) is 0.400. The molecule has 2 aromatic heterocycles. The lowest BCUT2D eigenvalue weighted by atomic mass is 10.1. The maximum Gasteiger partial charge on any atom is 0.407 e. The molecule has 1 aliphatic heterocycles. The van der Waals surface area contributed by atoms with Crippen molar-refractivity contribution in [2.45, 2.75) is 32.0 Å². The van der Waals surface area contributed by atoms with E-state index in [4.69, 9.17) is 14.9 Å². The van der Waals surface area contributed by atoms with E-state index in [1.807, 2.05) is 0 Å². The molecule has 2 N–H and O–H groups in total. The van der Waals surface area contributed by atoms with Gasteiger partial charge in [-0.05, 0) is 41.5 Å². The zero-order valence-electron chi connectivity index (χ0n) is 17.5. The average Bonchev–Trinajstić information content (AvgIpc) is 3.45. The zero-order chi connectivity index (χ0) is 23.4. The number of tetrazole rings is 1. The van der Waals surface area contributed by atoms with Gasteiger partial charge in [-0.25, -0.2) is 13.9 Å². The number of aliphatic hydroxyl groups excluding tert-OH is 1. The number of carboxylic acid groups (broad SMARTS) is 1. The number of piperidine rings is 1. The van der Waals surface area contributed by atoms with Crippen LogP contribution in [0.2, 0.25) is 0 Å². The van der Waals surface area contributed by atoms with E-state index in [1.165, 1.54) is 27.9 Å². The molecule has 1 fully saturated rings. The second kappa shape index (κ2) is 9.61. The molecule has 3 heterocycles. The van der Waals surface area contributed by atoms with E-state index in [9.17, 15) is 14.4 Å². The predicted molar refractivity (Wildman–Crippen MR) is 109 cm³/mol. The van der Waals surface area contributed by atoms with Crippen molar-refractivity contribution in [2.24, 2.45) is 0 Å². The molecule has 12 nitrogen and oxygen atoms in total. The second-order valence-electron chi connectivity index (χ2n) is 7.46. The number of nitriles is 1. The SMILES string of the molecule is N#Cc1c(COc2ccc(-c3nnnn3CCO)cc2F)cnn1C1CCN(C(=O)O)CC1. The molecule has 172 valence electrons. The van der Waals surface area contributed by atoms with Crippen LogP contribution < -0.4 is 4.74 Å². The quantitative estimate of drug-likeness (QED) is 0.537. The van der Waals surface area contributed by atoms with Gasteiger partial charge >= 0.3 is 6.09 Å². The van der Waals surface area contributed by atoms with Crippen molar-refractivity contribution in [3.05, 3.63) is 41.5 Å². The van der Waals surface area contributed by atoms with Gasteiger partial charge in [0.2, 0.25) is 0 Å². The van der Waals surface area contributed by atoms with Crippen LogP contribution in [0.3, 0.4) is 0 Å². The molecule has 1 saturated heterocycles. The Morgan fingerprint density at radius 2 is 2.12 bits per heavy atom. The number of halogens is 1. The Morgan fingerprint density at radius 1 is 1.33 bits per heavy atom. The number of carbonyl (C=O) groups is 1. The lowest BCUT2D eigenvalue weighted by Crippen LogP contribution is -2.38. The predicted octanol–water partition coefficient (Wildman–Crippen LogP) is 1.43. The molecule has 13 heteroatoms. The minimum absolute atomic E-state index is 0.00802. The van der Waals surface area contributed by atoms with Crippen molar-refractivity contribution < 1.29 is 24.1 Å². The number of likely N-dealkylation sites (tertiary alicyclic amines) is 1. The van der Waals surface area contributed by atoms with E-state index < -0.39 is 11.9 Å². The topological polar surface area (TPSA) is 155 Å². The van der Waals surface area contributed by atoms with Crippen LogP contribution in [0.4, 0.5) is 9.18 Å². The van der Waals surface area contributed by atoms with E-state index in [0.717, 1.165) is 0 Å². The number of aliphatic hydroxyl groups is 1. The van der Waals surface area contributed by atoms with E-state index in [2.05, 4.69) is 26.7 Å². The summed E-state index contributed by atoms with van der Waals surface area (Å²) in [6, 6.07) is 6.31. The number of rotatable bonds is 7. The number of benzene rings is 1. The Balaban J connectivity index is 1.45. The molecule has 4 rings (SSSR count). The molecular formula is C20H21FN8O4. The van der Waals surface area contributed by atoms with Gasteiger partial charge in [-0.2, -0.15) is 10.4 Å². The summed E-state index contributed by atoms with van der Waals surface area (Å²) >= 11 is 0. The number of amides is 1. The highest BCUT2D eigenvalue weighted by Gasteiger charge is 2.26. The summed E-state index contributed by atoms with van der Waals surface area (Å²) in [5.41, 5.74) is 1.24. The molecule has 0 radical (unpaired) electrons. The fourth-order valence-electron chi connectivity index (χ4n) is 3.77. The van der Waals surface area contributed by atoms with Gasteiger partial charge in [0.15, 0.2) is 17.4 Å². The minimum atomic E-state index is -0.957. The molecule has 1 aliphatic rings. The van der Waals surface area contributed by atoms with Gasteiger partial charge in [0.25, 0.3) is 0 Å². The molecule has 0 atom stereocenters. The molecule has 0 unspecified atom stereocenters. The highest BCUT2D eigenvalue weighted by molar-refractivity contribution is 5.65. The highest BCUT2D eigenvalue weighted by atomic mass is 19.1. The van der Waals surface area contributed by atoms with E-state index in [-0.39, 0.29) is 31.5 Å². The largest absolute Gasteiger partial charge is 0.486 e. The number of nitrogens with zero attached hydrogens (tertiary/aromatic N) is 8. The van der Waals surface area contributed by atoms with Gasteiger partial charge in [0.05, 0.1) is 25.4 Å². The third-order valence-electron chi connectivity index (χ3n) is 5.47. The van der Waals surface area contributed by atoms with Gasteiger partial charge in [-0.15, -0.1) is 5.10 Å². The van der Waals surface area contributed by atoms with Crippen LogP contribution in [-0.2, 0) is 13.2 Å². The van der Waals surface area contributed by atoms with Crippen molar-refractivity contribution in [3.63, 3.8) is 0 Å².